The molecule has 3 nitrogen and oxygen atoms in total. The normalized spacial score (nSPS) is 12.2. The first-order valence-corrected chi connectivity index (χ1v) is 8.54. The van der Waals surface area contributed by atoms with Crippen LogP contribution in [-0.4, -0.2) is 16.9 Å². The van der Waals surface area contributed by atoms with Crippen LogP contribution in [-0.2, 0) is 9.59 Å². The Balaban J connectivity index is 3.59. The molecule has 0 saturated carbocycles. The molecule has 3 heteroatoms. The lowest BCUT2D eigenvalue weighted by atomic mass is 10.1. The average molecular weight is 318 g/mol. The standard InChI is InChI=1S/C20H30O3/c1-2-3-13-16-19(21)17-14-11-9-7-5-4-6-8-10-12-15-18-20(22)23/h4-5,8-11,14,17H,2-3,6-7,12-13,15-16,18H2,1H3,(H,22,23)/b5-4+,10-8+,11-9+,17-14+. The van der Waals surface area contributed by atoms with Gasteiger partial charge in [0.25, 0.3) is 0 Å². The molecule has 0 radical (unpaired) electrons. The van der Waals surface area contributed by atoms with Crippen molar-refractivity contribution < 1.29 is 14.7 Å². The monoisotopic (exact) mass is 318 g/mol. The van der Waals surface area contributed by atoms with Crippen molar-refractivity contribution in [1.82, 2.24) is 0 Å². The molecule has 0 spiro atoms. The minimum absolute atomic E-state index is 0.201. The fourth-order valence-electron chi connectivity index (χ4n) is 1.89. The van der Waals surface area contributed by atoms with Crippen molar-refractivity contribution >= 4 is 11.8 Å². The summed E-state index contributed by atoms with van der Waals surface area (Å²) in [6.07, 6.45) is 23.0. The molecule has 0 aromatic carbocycles. The SMILES string of the molecule is CCCCCC(=O)/C=C/C=C/C/C=C/C/C=C/CCCC(=O)O. The third-order valence-electron chi connectivity index (χ3n) is 3.20. The quantitative estimate of drug-likeness (QED) is 0.202. The predicted molar refractivity (Wildman–Crippen MR) is 96.4 cm³/mol. The van der Waals surface area contributed by atoms with Crippen LogP contribution in [0.2, 0.25) is 0 Å². The number of hydrogen-bond acceptors (Lipinski definition) is 2. The lowest BCUT2D eigenvalue weighted by molar-refractivity contribution is -0.137. The summed E-state index contributed by atoms with van der Waals surface area (Å²) in [6.45, 7) is 2.13. The van der Waals surface area contributed by atoms with E-state index in [1.807, 2.05) is 24.3 Å². The van der Waals surface area contributed by atoms with Gasteiger partial charge in [-0.05, 0) is 38.2 Å². The Morgan fingerprint density at radius 1 is 0.826 bits per heavy atom. The molecular formula is C20H30O3. The van der Waals surface area contributed by atoms with Crippen molar-refractivity contribution in [2.24, 2.45) is 0 Å². The molecule has 0 aliphatic carbocycles. The first kappa shape index (κ1) is 21.1. The largest absolute Gasteiger partial charge is 0.481 e. The number of carboxylic acids is 1. The Morgan fingerprint density at radius 3 is 2.22 bits per heavy atom. The van der Waals surface area contributed by atoms with Gasteiger partial charge in [0.15, 0.2) is 5.78 Å². The van der Waals surface area contributed by atoms with Crippen LogP contribution in [0.25, 0.3) is 0 Å². The zero-order valence-electron chi connectivity index (χ0n) is 14.2. The fraction of sp³-hybridized carbons (Fsp3) is 0.500. The zero-order valence-corrected chi connectivity index (χ0v) is 14.2. The van der Waals surface area contributed by atoms with Gasteiger partial charge in [-0.1, -0.05) is 62.3 Å². The van der Waals surface area contributed by atoms with Gasteiger partial charge in [-0.15, -0.1) is 0 Å². The maximum Gasteiger partial charge on any atom is 0.303 e. The van der Waals surface area contributed by atoms with Crippen molar-refractivity contribution in [3.05, 3.63) is 48.6 Å². The lowest BCUT2D eigenvalue weighted by Gasteiger charge is -1.92. The minimum atomic E-state index is -0.734. The molecule has 0 rings (SSSR count). The van der Waals surface area contributed by atoms with Crippen LogP contribution in [0.15, 0.2) is 48.6 Å². The Hall–Kier alpha value is -1.90. The molecule has 0 fully saturated rings. The Morgan fingerprint density at radius 2 is 1.52 bits per heavy atom. The predicted octanol–water partition coefficient (Wildman–Crippen LogP) is 5.40. The van der Waals surface area contributed by atoms with Gasteiger partial charge in [-0.3, -0.25) is 9.59 Å². The van der Waals surface area contributed by atoms with Crippen molar-refractivity contribution in [2.75, 3.05) is 0 Å². The van der Waals surface area contributed by atoms with E-state index in [1.165, 1.54) is 0 Å². The van der Waals surface area contributed by atoms with E-state index in [0.717, 1.165) is 38.5 Å². The van der Waals surface area contributed by atoms with Crippen molar-refractivity contribution in [3.63, 3.8) is 0 Å². The minimum Gasteiger partial charge on any atom is -0.481 e. The van der Waals surface area contributed by atoms with Gasteiger partial charge in [0, 0.05) is 12.8 Å². The second-order valence-corrected chi connectivity index (χ2v) is 5.41. The highest BCUT2D eigenvalue weighted by molar-refractivity contribution is 5.89. The summed E-state index contributed by atoms with van der Waals surface area (Å²) in [6, 6.07) is 0. The number of allylic oxidation sites excluding steroid dienone is 8. The van der Waals surface area contributed by atoms with Crippen LogP contribution < -0.4 is 0 Å². The van der Waals surface area contributed by atoms with Crippen molar-refractivity contribution in [3.8, 4) is 0 Å². The second kappa shape index (κ2) is 16.5. The molecule has 128 valence electrons. The van der Waals surface area contributed by atoms with Crippen LogP contribution in [0.4, 0.5) is 0 Å². The molecule has 0 aromatic heterocycles. The lowest BCUT2D eigenvalue weighted by Crippen LogP contribution is -1.92. The maximum absolute atomic E-state index is 11.5. The fourth-order valence-corrected chi connectivity index (χ4v) is 1.89. The Kier molecular flexibility index (Phi) is 15.1. The van der Waals surface area contributed by atoms with E-state index < -0.39 is 5.97 Å². The second-order valence-electron chi connectivity index (χ2n) is 5.41. The number of unbranched alkanes of at least 4 members (excludes halogenated alkanes) is 3. The summed E-state index contributed by atoms with van der Waals surface area (Å²) in [5, 5.41) is 8.49. The highest BCUT2D eigenvalue weighted by Gasteiger charge is 1.94. The highest BCUT2D eigenvalue weighted by Crippen LogP contribution is 2.01. The number of carbonyl (C=O) groups is 2. The average Bonchev–Trinajstić information content (AvgIpc) is 2.51. The van der Waals surface area contributed by atoms with Gasteiger partial charge in [0.1, 0.15) is 0 Å². The van der Waals surface area contributed by atoms with Gasteiger partial charge >= 0.3 is 5.97 Å². The van der Waals surface area contributed by atoms with Gasteiger partial charge < -0.3 is 5.11 Å². The first-order valence-electron chi connectivity index (χ1n) is 8.54. The number of ketones is 1. The molecule has 0 bridgehead atoms. The number of carboxylic acid groups (broad SMARTS) is 1. The molecule has 23 heavy (non-hydrogen) atoms. The van der Waals surface area contributed by atoms with Crippen LogP contribution in [0, 0.1) is 0 Å². The van der Waals surface area contributed by atoms with E-state index in [2.05, 4.69) is 25.2 Å². The summed E-state index contributed by atoms with van der Waals surface area (Å²) in [5.74, 6) is -0.534. The molecule has 0 heterocycles. The Bertz CT molecular complexity index is 428. The van der Waals surface area contributed by atoms with Crippen LogP contribution in [0.3, 0.4) is 0 Å². The van der Waals surface area contributed by atoms with E-state index in [0.29, 0.717) is 12.8 Å². The summed E-state index contributed by atoms with van der Waals surface area (Å²) >= 11 is 0. The Labute approximate surface area is 140 Å². The third kappa shape index (κ3) is 18.1. The van der Waals surface area contributed by atoms with E-state index in [-0.39, 0.29) is 12.2 Å². The smallest absolute Gasteiger partial charge is 0.303 e. The molecule has 0 unspecified atom stereocenters. The summed E-state index contributed by atoms with van der Waals surface area (Å²) in [7, 11) is 0. The van der Waals surface area contributed by atoms with E-state index >= 15 is 0 Å². The number of carbonyl (C=O) groups excluding carboxylic acids is 1. The molecule has 0 amide bonds. The van der Waals surface area contributed by atoms with Gasteiger partial charge in [0.2, 0.25) is 0 Å². The van der Waals surface area contributed by atoms with E-state index in [4.69, 9.17) is 5.11 Å². The highest BCUT2D eigenvalue weighted by atomic mass is 16.4. The van der Waals surface area contributed by atoms with Gasteiger partial charge in [-0.2, -0.15) is 0 Å². The van der Waals surface area contributed by atoms with Crippen LogP contribution in [0.5, 0.6) is 0 Å². The van der Waals surface area contributed by atoms with Crippen LogP contribution >= 0.6 is 0 Å². The van der Waals surface area contributed by atoms with Crippen molar-refractivity contribution in [1.29, 1.82) is 0 Å². The van der Waals surface area contributed by atoms with Gasteiger partial charge in [-0.25, -0.2) is 0 Å². The van der Waals surface area contributed by atoms with E-state index in [1.54, 1.807) is 6.08 Å². The molecule has 0 saturated heterocycles. The summed E-state index contributed by atoms with van der Waals surface area (Å²) < 4.78 is 0. The topological polar surface area (TPSA) is 54.4 Å². The van der Waals surface area contributed by atoms with E-state index in [9.17, 15) is 9.59 Å². The molecule has 1 N–H and O–H groups in total. The zero-order chi connectivity index (χ0) is 17.2. The molecule has 0 atom stereocenters. The first-order chi connectivity index (χ1) is 11.2. The molecular weight excluding hydrogens is 288 g/mol. The number of rotatable bonds is 14. The third-order valence-corrected chi connectivity index (χ3v) is 3.20. The number of aliphatic carboxylic acids is 1. The maximum atomic E-state index is 11.5. The summed E-state index contributed by atoms with van der Waals surface area (Å²) in [5.41, 5.74) is 0. The molecule has 0 aliphatic rings. The van der Waals surface area contributed by atoms with Gasteiger partial charge in [0.05, 0.1) is 0 Å². The molecule has 0 aliphatic heterocycles. The van der Waals surface area contributed by atoms with Crippen LogP contribution in [0.1, 0.15) is 64.7 Å². The van der Waals surface area contributed by atoms with Crippen molar-refractivity contribution in [2.45, 2.75) is 64.7 Å². The number of hydrogen-bond donors (Lipinski definition) is 1. The summed E-state index contributed by atoms with van der Waals surface area (Å²) in [4.78, 5) is 21.8. The molecule has 0 aromatic rings.